The van der Waals surface area contributed by atoms with Gasteiger partial charge in [-0.2, -0.15) is 0 Å². The summed E-state index contributed by atoms with van der Waals surface area (Å²) in [5.74, 6) is 1.59. The van der Waals surface area contributed by atoms with Gasteiger partial charge in [-0.05, 0) is 31.5 Å². The van der Waals surface area contributed by atoms with Crippen LogP contribution in [-0.2, 0) is 4.79 Å². The van der Waals surface area contributed by atoms with Crippen molar-refractivity contribution in [2.24, 2.45) is 5.92 Å². The van der Waals surface area contributed by atoms with E-state index in [1.165, 1.54) is 5.57 Å². The Hall–Kier alpha value is -0.280. The third kappa shape index (κ3) is 2.61. The van der Waals surface area contributed by atoms with Gasteiger partial charge in [0.25, 0.3) is 0 Å². The van der Waals surface area contributed by atoms with Crippen molar-refractivity contribution in [3.63, 3.8) is 0 Å². The first-order valence-electron chi connectivity index (χ1n) is 5.04. The van der Waals surface area contributed by atoms with Gasteiger partial charge >= 0.3 is 0 Å². The third-order valence-electron chi connectivity index (χ3n) is 2.45. The van der Waals surface area contributed by atoms with Crippen molar-refractivity contribution in [2.75, 3.05) is 19.8 Å². The van der Waals surface area contributed by atoms with Gasteiger partial charge in [0.15, 0.2) is 5.78 Å². The number of carbonyl (C=O) groups is 1. The zero-order chi connectivity index (χ0) is 10.7. The van der Waals surface area contributed by atoms with Gasteiger partial charge in [0.1, 0.15) is 0 Å². The van der Waals surface area contributed by atoms with Gasteiger partial charge in [0, 0.05) is 11.7 Å². The molecule has 0 N–H and O–H groups in total. The van der Waals surface area contributed by atoms with Crippen LogP contribution in [0.3, 0.4) is 0 Å². The van der Waals surface area contributed by atoms with E-state index < -0.39 is 0 Å². The minimum atomic E-state index is 0.00463. The maximum Gasteiger partial charge on any atom is 0.156 e. The summed E-state index contributed by atoms with van der Waals surface area (Å²) in [6.07, 6.45) is 1.06. The number of likely N-dealkylation sites (N-methyl/N-ethyl adjacent to an activating group) is 1. The van der Waals surface area contributed by atoms with Gasteiger partial charge in [0.2, 0.25) is 0 Å². The van der Waals surface area contributed by atoms with E-state index in [0.717, 1.165) is 12.2 Å². The smallest absolute Gasteiger partial charge is 0.156 e. The Balaban J connectivity index is 2.78. The number of nitrogens with zero attached hydrogens (tertiary/aromatic N) is 1. The molecule has 0 aromatic heterocycles. The summed E-state index contributed by atoms with van der Waals surface area (Å²) < 4.78 is 0. The van der Waals surface area contributed by atoms with Crippen LogP contribution in [0.15, 0.2) is 11.0 Å². The fraction of sp³-hybridized carbons (Fsp3) is 0.727. The van der Waals surface area contributed by atoms with E-state index in [1.807, 2.05) is 44.6 Å². The Kier molecular flexibility index (Phi) is 4.20. The third-order valence-corrected chi connectivity index (χ3v) is 3.36. The first-order chi connectivity index (χ1) is 6.54. The summed E-state index contributed by atoms with van der Waals surface area (Å²) in [4.78, 5) is 14.0. The molecule has 0 amide bonds. The van der Waals surface area contributed by atoms with Crippen LogP contribution >= 0.6 is 11.8 Å². The van der Waals surface area contributed by atoms with Crippen LogP contribution in [0.4, 0.5) is 0 Å². The predicted octanol–water partition coefficient (Wildman–Crippen LogP) is 2.16. The summed E-state index contributed by atoms with van der Waals surface area (Å²) in [5.41, 5.74) is 1.29. The average molecular weight is 213 g/mol. The van der Waals surface area contributed by atoms with Crippen molar-refractivity contribution in [1.29, 1.82) is 0 Å². The van der Waals surface area contributed by atoms with Crippen molar-refractivity contribution in [3.05, 3.63) is 11.0 Å². The molecule has 2 nitrogen and oxygen atoms in total. The Morgan fingerprint density at radius 2 is 2.14 bits per heavy atom. The van der Waals surface area contributed by atoms with Crippen LogP contribution in [0, 0.1) is 5.92 Å². The van der Waals surface area contributed by atoms with Crippen molar-refractivity contribution in [3.8, 4) is 0 Å². The van der Waals surface area contributed by atoms with E-state index in [-0.39, 0.29) is 12.0 Å². The van der Waals surface area contributed by atoms with E-state index in [9.17, 15) is 4.79 Å². The van der Waals surface area contributed by atoms with Gasteiger partial charge in [-0.15, -0.1) is 11.8 Å². The summed E-state index contributed by atoms with van der Waals surface area (Å²) in [6.45, 7) is 3.95. The van der Waals surface area contributed by atoms with Crippen molar-refractivity contribution < 1.29 is 4.79 Å². The molecule has 1 unspecified atom stereocenters. The molecule has 0 radical (unpaired) electrons. The second-order valence-electron chi connectivity index (χ2n) is 4.24. The van der Waals surface area contributed by atoms with Crippen LogP contribution < -0.4 is 0 Å². The lowest BCUT2D eigenvalue weighted by atomic mass is 9.94. The molecule has 80 valence electrons. The normalized spacial score (nSPS) is 18.9. The van der Waals surface area contributed by atoms with E-state index >= 15 is 0 Å². The molecule has 1 aliphatic rings. The number of ketones is 1. The van der Waals surface area contributed by atoms with Gasteiger partial charge in [-0.25, -0.2) is 0 Å². The maximum absolute atomic E-state index is 12.0. The molecule has 0 aromatic rings. The lowest BCUT2D eigenvalue weighted by Gasteiger charge is -2.25. The second-order valence-corrected chi connectivity index (χ2v) is 5.21. The van der Waals surface area contributed by atoms with Gasteiger partial charge < -0.3 is 0 Å². The van der Waals surface area contributed by atoms with Gasteiger partial charge in [0.05, 0.1) is 6.04 Å². The number of hydrogen-bond donors (Lipinski definition) is 0. The minimum Gasteiger partial charge on any atom is -0.297 e. The number of carbonyl (C=O) groups excluding carboxylic acids is 1. The highest BCUT2D eigenvalue weighted by Gasteiger charge is 2.28. The molecule has 0 saturated carbocycles. The van der Waals surface area contributed by atoms with Gasteiger partial charge in [-0.3, -0.25) is 9.69 Å². The molecule has 0 saturated heterocycles. The number of hydrogen-bond acceptors (Lipinski definition) is 3. The van der Waals surface area contributed by atoms with Crippen LogP contribution in [0.2, 0.25) is 0 Å². The molecule has 14 heavy (non-hydrogen) atoms. The SMILES string of the molecule is CC(C)C(=O)C(C1=CSCC1)N(C)C. The van der Waals surface area contributed by atoms with Gasteiger partial charge in [-0.1, -0.05) is 13.8 Å². The number of rotatable bonds is 4. The van der Waals surface area contributed by atoms with Crippen LogP contribution in [0.1, 0.15) is 20.3 Å². The maximum atomic E-state index is 12.0. The summed E-state index contributed by atoms with van der Waals surface area (Å²) in [6, 6.07) is 0.00463. The highest BCUT2D eigenvalue weighted by molar-refractivity contribution is 8.02. The minimum absolute atomic E-state index is 0.00463. The van der Waals surface area contributed by atoms with Crippen LogP contribution in [0.5, 0.6) is 0 Å². The molecule has 0 aliphatic carbocycles. The van der Waals surface area contributed by atoms with Crippen molar-refractivity contribution in [1.82, 2.24) is 4.90 Å². The zero-order valence-electron chi connectivity index (χ0n) is 9.41. The van der Waals surface area contributed by atoms with Crippen molar-refractivity contribution in [2.45, 2.75) is 26.3 Å². The summed E-state index contributed by atoms with van der Waals surface area (Å²) in [5, 5.41) is 2.16. The highest BCUT2D eigenvalue weighted by Crippen LogP contribution is 2.27. The zero-order valence-corrected chi connectivity index (χ0v) is 10.2. The molecule has 1 atom stereocenters. The summed E-state index contributed by atoms with van der Waals surface area (Å²) >= 11 is 1.82. The monoisotopic (exact) mass is 213 g/mol. The van der Waals surface area contributed by atoms with E-state index in [4.69, 9.17) is 0 Å². The Morgan fingerprint density at radius 1 is 1.50 bits per heavy atom. The summed E-state index contributed by atoms with van der Waals surface area (Å²) in [7, 11) is 3.96. The lowest BCUT2D eigenvalue weighted by Crippen LogP contribution is -2.39. The molecule has 1 aliphatic heterocycles. The molecular formula is C11H19NOS. The standard InChI is InChI=1S/C11H19NOS/c1-8(2)11(13)10(12(3)4)9-5-6-14-7-9/h7-8,10H,5-6H2,1-4H3. The molecule has 0 spiro atoms. The van der Waals surface area contributed by atoms with Crippen molar-refractivity contribution >= 4 is 17.5 Å². The molecule has 1 rings (SSSR count). The number of thioether (sulfide) groups is 1. The lowest BCUT2D eigenvalue weighted by molar-refractivity contribution is -0.125. The van der Waals surface area contributed by atoms with E-state index in [0.29, 0.717) is 5.78 Å². The van der Waals surface area contributed by atoms with E-state index in [2.05, 4.69) is 5.41 Å². The highest BCUT2D eigenvalue weighted by atomic mass is 32.2. The second kappa shape index (κ2) is 4.99. The average Bonchev–Trinajstić information content (AvgIpc) is 2.56. The fourth-order valence-corrected chi connectivity index (χ4v) is 2.62. The molecular weight excluding hydrogens is 194 g/mol. The first kappa shape index (κ1) is 11.8. The molecule has 1 heterocycles. The first-order valence-corrected chi connectivity index (χ1v) is 6.09. The Morgan fingerprint density at radius 3 is 2.50 bits per heavy atom. The largest absolute Gasteiger partial charge is 0.297 e. The quantitative estimate of drug-likeness (QED) is 0.714. The van der Waals surface area contributed by atoms with E-state index in [1.54, 1.807) is 0 Å². The molecule has 0 bridgehead atoms. The fourth-order valence-electron chi connectivity index (χ4n) is 1.69. The molecule has 3 heteroatoms. The predicted molar refractivity (Wildman–Crippen MR) is 62.5 cm³/mol. The Labute approximate surface area is 90.7 Å². The van der Waals surface area contributed by atoms with Crippen LogP contribution in [0.25, 0.3) is 0 Å². The topological polar surface area (TPSA) is 20.3 Å². The van der Waals surface area contributed by atoms with Crippen LogP contribution in [-0.4, -0.2) is 36.6 Å². The molecule has 0 fully saturated rings. The number of Topliss-reactive ketones (excluding diaryl/α,β-unsaturated/α-hetero) is 1. The Bertz CT molecular complexity index is 246. The molecule has 0 aromatic carbocycles.